The Morgan fingerprint density at radius 2 is 1.89 bits per heavy atom. The van der Waals surface area contributed by atoms with Crippen molar-refractivity contribution in [1.82, 2.24) is 15.5 Å². The summed E-state index contributed by atoms with van der Waals surface area (Å²) in [6.45, 7) is 5.51. The van der Waals surface area contributed by atoms with Crippen LogP contribution in [0.25, 0.3) is 0 Å². The SMILES string of the molecule is CCNC(=NCC1(c2ccc(F)cc2)CC1)N1CCC(CC(=O)NC)CC1.I. The van der Waals surface area contributed by atoms with E-state index in [-0.39, 0.29) is 41.1 Å². The molecule has 0 unspecified atom stereocenters. The molecule has 1 heterocycles. The molecular weight excluding hydrogens is 470 g/mol. The van der Waals surface area contributed by atoms with Crippen molar-refractivity contribution in [2.24, 2.45) is 10.9 Å². The number of carbonyl (C=O) groups excluding carboxylic acids is 1. The molecule has 0 bridgehead atoms. The van der Waals surface area contributed by atoms with E-state index in [1.165, 1.54) is 5.56 Å². The molecule has 1 saturated carbocycles. The van der Waals surface area contributed by atoms with Crippen molar-refractivity contribution in [3.63, 3.8) is 0 Å². The van der Waals surface area contributed by atoms with E-state index >= 15 is 0 Å². The number of rotatable bonds is 6. The quantitative estimate of drug-likeness (QED) is 0.357. The summed E-state index contributed by atoms with van der Waals surface area (Å²) in [5.74, 6) is 1.36. The predicted molar refractivity (Wildman–Crippen MR) is 122 cm³/mol. The first kappa shape index (κ1) is 22.9. The first-order chi connectivity index (χ1) is 13.1. The van der Waals surface area contributed by atoms with Crippen LogP contribution in [0.1, 0.15) is 44.6 Å². The average Bonchev–Trinajstić information content (AvgIpc) is 3.47. The van der Waals surface area contributed by atoms with Crippen LogP contribution >= 0.6 is 24.0 Å². The Hall–Kier alpha value is -1.38. The molecule has 0 spiro atoms. The minimum Gasteiger partial charge on any atom is -0.359 e. The van der Waals surface area contributed by atoms with Crippen molar-refractivity contribution in [3.8, 4) is 0 Å². The number of hydrogen-bond acceptors (Lipinski definition) is 2. The third-order valence-corrected chi connectivity index (χ3v) is 5.84. The molecule has 0 atom stereocenters. The Bertz CT molecular complexity index is 667. The Balaban J connectivity index is 0.00000280. The smallest absolute Gasteiger partial charge is 0.220 e. The third kappa shape index (κ3) is 5.81. The summed E-state index contributed by atoms with van der Waals surface area (Å²) in [6, 6.07) is 6.88. The van der Waals surface area contributed by atoms with Crippen LogP contribution in [-0.4, -0.2) is 50.0 Å². The van der Waals surface area contributed by atoms with Crippen molar-refractivity contribution in [1.29, 1.82) is 0 Å². The zero-order valence-electron chi connectivity index (χ0n) is 16.8. The molecule has 2 aliphatic rings. The number of hydrogen-bond donors (Lipinski definition) is 2. The molecule has 0 radical (unpaired) electrons. The van der Waals surface area contributed by atoms with Gasteiger partial charge in [-0.2, -0.15) is 0 Å². The van der Waals surface area contributed by atoms with Crippen LogP contribution in [0, 0.1) is 11.7 Å². The maximum Gasteiger partial charge on any atom is 0.220 e. The zero-order chi connectivity index (χ0) is 19.3. The molecule has 0 aromatic heterocycles. The average molecular weight is 502 g/mol. The van der Waals surface area contributed by atoms with Crippen molar-refractivity contribution in [2.75, 3.05) is 33.2 Å². The second-order valence-corrected chi connectivity index (χ2v) is 7.77. The molecule has 1 aromatic carbocycles. The van der Waals surface area contributed by atoms with Gasteiger partial charge in [0, 0.05) is 38.5 Å². The lowest BCUT2D eigenvalue weighted by atomic mass is 9.93. The highest BCUT2D eigenvalue weighted by Gasteiger charge is 2.44. The summed E-state index contributed by atoms with van der Waals surface area (Å²) in [6.07, 6.45) is 4.86. The number of nitrogens with one attached hydrogen (secondary N) is 2. The topological polar surface area (TPSA) is 56.7 Å². The lowest BCUT2D eigenvalue weighted by Gasteiger charge is -2.34. The van der Waals surface area contributed by atoms with Crippen LogP contribution in [-0.2, 0) is 10.2 Å². The van der Waals surface area contributed by atoms with Crippen molar-refractivity contribution in [3.05, 3.63) is 35.6 Å². The number of guanidine groups is 1. The fourth-order valence-electron chi connectivity index (χ4n) is 3.86. The lowest BCUT2D eigenvalue weighted by Crippen LogP contribution is -2.46. The van der Waals surface area contributed by atoms with Gasteiger partial charge in [-0.15, -0.1) is 24.0 Å². The Morgan fingerprint density at radius 1 is 1.25 bits per heavy atom. The molecule has 3 rings (SSSR count). The van der Waals surface area contributed by atoms with Crippen LogP contribution < -0.4 is 10.6 Å². The highest BCUT2D eigenvalue weighted by molar-refractivity contribution is 14.0. The van der Waals surface area contributed by atoms with Crippen LogP contribution in [0.15, 0.2) is 29.3 Å². The van der Waals surface area contributed by atoms with Crippen LogP contribution in [0.2, 0.25) is 0 Å². The number of halogens is 2. The fraction of sp³-hybridized carbons (Fsp3) is 0.619. The number of aliphatic imine (C=N–C) groups is 1. The summed E-state index contributed by atoms with van der Waals surface area (Å²) in [5, 5.41) is 6.13. The molecule has 156 valence electrons. The molecule has 2 fully saturated rings. The number of likely N-dealkylation sites (tertiary alicyclic amines) is 1. The van der Waals surface area contributed by atoms with E-state index in [4.69, 9.17) is 4.99 Å². The van der Waals surface area contributed by atoms with Crippen LogP contribution in [0.5, 0.6) is 0 Å². The molecule has 1 aliphatic heterocycles. The highest BCUT2D eigenvalue weighted by atomic mass is 127. The molecule has 1 aliphatic carbocycles. The van der Waals surface area contributed by atoms with Gasteiger partial charge in [0.05, 0.1) is 6.54 Å². The maximum atomic E-state index is 13.2. The van der Waals surface area contributed by atoms with Gasteiger partial charge in [0.15, 0.2) is 5.96 Å². The number of nitrogens with zero attached hydrogens (tertiary/aromatic N) is 2. The molecule has 1 amide bonds. The molecular formula is C21H32FIN4O. The van der Waals surface area contributed by atoms with E-state index in [0.717, 1.165) is 57.8 Å². The number of benzene rings is 1. The van der Waals surface area contributed by atoms with Crippen LogP contribution in [0.4, 0.5) is 4.39 Å². The van der Waals surface area contributed by atoms with E-state index in [9.17, 15) is 9.18 Å². The van der Waals surface area contributed by atoms with Gasteiger partial charge < -0.3 is 15.5 Å². The summed E-state index contributed by atoms with van der Waals surface area (Å²) in [4.78, 5) is 18.8. The molecule has 1 aromatic rings. The Labute approximate surface area is 184 Å². The van der Waals surface area contributed by atoms with E-state index in [0.29, 0.717) is 12.3 Å². The summed E-state index contributed by atoms with van der Waals surface area (Å²) >= 11 is 0. The highest BCUT2D eigenvalue weighted by Crippen LogP contribution is 2.48. The summed E-state index contributed by atoms with van der Waals surface area (Å²) in [5.41, 5.74) is 1.26. The zero-order valence-corrected chi connectivity index (χ0v) is 19.2. The Morgan fingerprint density at radius 3 is 2.43 bits per heavy atom. The van der Waals surface area contributed by atoms with Crippen LogP contribution in [0.3, 0.4) is 0 Å². The predicted octanol–water partition coefficient (Wildman–Crippen LogP) is 3.29. The van der Waals surface area contributed by atoms with Crippen molar-refractivity contribution < 1.29 is 9.18 Å². The van der Waals surface area contributed by atoms with Gasteiger partial charge >= 0.3 is 0 Å². The number of amides is 1. The van der Waals surface area contributed by atoms with Crippen molar-refractivity contribution >= 4 is 35.8 Å². The minimum absolute atomic E-state index is 0. The van der Waals surface area contributed by atoms with E-state index in [2.05, 4.69) is 22.5 Å². The van der Waals surface area contributed by atoms with Gasteiger partial charge in [-0.05, 0) is 56.2 Å². The standard InChI is InChI=1S/C21H31FN4O.HI/c1-3-24-20(26-12-8-16(9-13-26)14-19(27)23-2)25-15-21(10-11-21)17-4-6-18(22)7-5-17;/h4-7,16H,3,8-15H2,1-2H3,(H,23,27)(H,24,25);1H. The van der Waals surface area contributed by atoms with E-state index in [1.54, 1.807) is 19.2 Å². The van der Waals surface area contributed by atoms with Gasteiger partial charge in [-0.1, -0.05) is 12.1 Å². The van der Waals surface area contributed by atoms with Gasteiger partial charge in [0.2, 0.25) is 5.91 Å². The largest absolute Gasteiger partial charge is 0.359 e. The second-order valence-electron chi connectivity index (χ2n) is 7.77. The molecule has 7 heteroatoms. The van der Waals surface area contributed by atoms with Gasteiger partial charge in [-0.3, -0.25) is 9.79 Å². The van der Waals surface area contributed by atoms with E-state index < -0.39 is 0 Å². The Kier molecular flexibility index (Phi) is 8.52. The monoisotopic (exact) mass is 502 g/mol. The normalized spacial score (nSPS) is 19.0. The van der Waals surface area contributed by atoms with Crippen molar-refractivity contribution in [2.45, 2.75) is 44.4 Å². The molecule has 28 heavy (non-hydrogen) atoms. The van der Waals surface area contributed by atoms with Gasteiger partial charge in [-0.25, -0.2) is 4.39 Å². The summed E-state index contributed by atoms with van der Waals surface area (Å²) in [7, 11) is 1.70. The molecule has 1 saturated heterocycles. The maximum absolute atomic E-state index is 13.2. The second kappa shape index (κ2) is 10.4. The number of carbonyl (C=O) groups is 1. The third-order valence-electron chi connectivity index (χ3n) is 5.84. The first-order valence-electron chi connectivity index (χ1n) is 10.1. The van der Waals surface area contributed by atoms with E-state index in [1.807, 2.05) is 12.1 Å². The van der Waals surface area contributed by atoms with Gasteiger partial charge in [0.1, 0.15) is 5.82 Å². The summed E-state index contributed by atoms with van der Waals surface area (Å²) < 4.78 is 13.2. The minimum atomic E-state index is -0.189. The number of piperidine rings is 1. The van der Waals surface area contributed by atoms with Gasteiger partial charge in [0.25, 0.3) is 0 Å². The lowest BCUT2D eigenvalue weighted by molar-refractivity contribution is -0.121. The molecule has 5 nitrogen and oxygen atoms in total. The fourth-order valence-corrected chi connectivity index (χ4v) is 3.86. The molecule has 2 N–H and O–H groups in total. The first-order valence-corrected chi connectivity index (χ1v) is 10.1.